The van der Waals surface area contributed by atoms with Crippen molar-refractivity contribution in [1.29, 1.82) is 0 Å². The van der Waals surface area contributed by atoms with Crippen LogP contribution in [0.5, 0.6) is 0 Å². The molecule has 2 N–H and O–H groups in total. The standard InChI is InChI=1S/C8H10F7N.ClH/c1-2-3-4-5(16)6(9,10)7(11,12)8(13,14)15;/h2,5H,1,3-4,16H2;1H/t5-;/m0./s1. The molecule has 0 spiro atoms. The van der Waals surface area contributed by atoms with Gasteiger partial charge in [0.25, 0.3) is 0 Å². The minimum absolute atomic E-state index is 0. The summed E-state index contributed by atoms with van der Waals surface area (Å²) >= 11 is 0. The molecular weight excluding hydrogens is 279 g/mol. The summed E-state index contributed by atoms with van der Waals surface area (Å²) < 4.78 is 85.5. The van der Waals surface area contributed by atoms with Crippen LogP contribution in [0.2, 0.25) is 0 Å². The summed E-state index contributed by atoms with van der Waals surface area (Å²) in [4.78, 5) is 0. The largest absolute Gasteiger partial charge is 0.459 e. The maximum Gasteiger partial charge on any atom is 0.459 e. The van der Waals surface area contributed by atoms with Gasteiger partial charge in [0.15, 0.2) is 0 Å². The lowest BCUT2D eigenvalue weighted by molar-refractivity contribution is -0.358. The van der Waals surface area contributed by atoms with Gasteiger partial charge in [0.2, 0.25) is 0 Å². The Balaban J connectivity index is 0. The molecule has 0 unspecified atom stereocenters. The highest BCUT2D eigenvalue weighted by atomic mass is 35.5. The monoisotopic (exact) mass is 289 g/mol. The normalized spacial score (nSPS) is 15.1. The van der Waals surface area contributed by atoms with Crippen LogP contribution in [0.1, 0.15) is 12.8 Å². The van der Waals surface area contributed by atoms with Gasteiger partial charge in [-0.1, -0.05) is 6.08 Å². The van der Waals surface area contributed by atoms with Crippen LogP contribution < -0.4 is 5.73 Å². The zero-order valence-electron chi connectivity index (χ0n) is 8.41. The van der Waals surface area contributed by atoms with Crippen LogP contribution in [0.3, 0.4) is 0 Å². The van der Waals surface area contributed by atoms with E-state index in [1.807, 2.05) is 0 Å². The minimum atomic E-state index is -6.33. The highest BCUT2D eigenvalue weighted by Gasteiger charge is 2.74. The van der Waals surface area contributed by atoms with Gasteiger partial charge in [0, 0.05) is 0 Å². The first-order valence-corrected chi connectivity index (χ1v) is 4.17. The molecule has 17 heavy (non-hydrogen) atoms. The summed E-state index contributed by atoms with van der Waals surface area (Å²) in [6, 6.07) is -2.58. The van der Waals surface area contributed by atoms with Crippen molar-refractivity contribution in [2.45, 2.75) is 36.9 Å². The first-order chi connectivity index (χ1) is 6.98. The molecule has 104 valence electrons. The fourth-order valence-corrected chi connectivity index (χ4v) is 0.901. The highest BCUT2D eigenvalue weighted by molar-refractivity contribution is 5.85. The first kappa shape index (κ1) is 18.9. The highest BCUT2D eigenvalue weighted by Crippen LogP contribution is 2.48. The summed E-state index contributed by atoms with van der Waals surface area (Å²) in [5, 5.41) is 0. The molecule has 0 amide bonds. The molecular formula is C8H11ClF7N. The SMILES string of the molecule is C=CCC[C@H](N)C(F)(F)C(F)(F)C(F)(F)F.Cl. The van der Waals surface area contributed by atoms with Gasteiger partial charge in [0.1, 0.15) is 0 Å². The zero-order valence-corrected chi connectivity index (χ0v) is 9.22. The summed E-state index contributed by atoms with van der Waals surface area (Å²) in [6.45, 7) is 3.12. The van der Waals surface area contributed by atoms with Crippen molar-refractivity contribution in [3.05, 3.63) is 12.7 Å². The van der Waals surface area contributed by atoms with E-state index in [1.54, 1.807) is 0 Å². The van der Waals surface area contributed by atoms with Gasteiger partial charge < -0.3 is 5.73 Å². The van der Waals surface area contributed by atoms with Crippen molar-refractivity contribution in [3.63, 3.8) is 0 Å². The van der Waals surface area contributed by atoms with E-state index in [4.69, 9.17) is 0 Å². The van der Waals surface area contributed by atoms with Crippen molar-refractivity contribution < 1.29 is 30.7 Å². The van der Waals surface area contributed by atoms with E-state index in [0.717, 1.165) is 6.08 Å². The molecule has 0 saturated heterocycles. The average molecular weight is 290 g/mol. The number of nitrogens with two attached hydrogens (primary N) is 1. The molecule has 0 aromatic carbocycles. The van der Waals surface area contributed by atoms with E-state index in [1.165, 1.54) is 0 Å². The Bertz CT molecular complexity index is 251. The lowest BCUT2D eigenvalue weighted by Gasteiger charge is -2.32. The Morgan fingerprint density at radius 3 is 1.76 bits per heavy atom. The van der Waals surface area contributed by atoms with Crippen molar-refractivity contribution in [3.8, 4) is 0 Å². The third-order valence-electron chi connectivity index (χ3n) is 1.92. The van der Waals surface area contributed by atoms with Crippen LogP contribution in [0.4, 0.5) is 30.7 Å². The van der Waals surface area contributed by atoms with Gasteiger partial charge in [-0.05, 0) is 12.8 Å². The summed E-state index contributed by atoms with van der Waals surface area (Å²) in [7, 11) is 0. The van der Waals surface area contributed by atoms with Crippen LogP contribution >= 0.6 is 12.4 Å². The molecule has 9 heteroatoms. The van der Waals surface area contributed by atoms with E-state index >= 15 is 0 Å². The van der Waals surface area contributed by atoms with E-state index < -0.39 is 30.5 Å². The number of allylic oxidation sites excluding steroid dienone is 1. The molecule has 0 aromatic rings. The summed E-state index contributed by atoms with van der Waals surface area (Å²) in [5.74, 6) is -11.5. The fraction of sp³-hybridized carbons (Fsp3) is 0.750. The maximum absolute atomic E-state index is 12.8. The van der Waals surface area contributed by atoms with Crippen molar-refractivity contribution in [2.24, 2.45) is 5.73 Å². The molecule has 1 atom stereocenters. The molecule has 1 nitrogen and oxygen atoms in total. The summed E-state index contributed by atoms with van der Waals surface area (Å²) in [6.07, 6.45) is -6.11. The molecule has 0 bridgehead atoms. The Morgan fingerprint density at radius 1 is 1.06 bits per heavy atom. The number of halogens is 8. The van der Waals surface area contributed by atoms with Crippen LogP contribution in [-0.4, -0.2) is 24.1 Å². The second-order valence-corrected chi connectivity index (χ2v) is 3.17. The Kier molecular flexibility index (Phi) is 6.54. The zero-order chi connectivity index (χ0) is 13.2. The van der Waals surface area contributed by atoms with E-state index in [9.17, 15) is 30.7 Å². The van der Waals surface area contributed by atoms with Crippen LogP contribution in [0.15, 0.2) is 12.7 Å². The van der Waals surface area contributed by atoms with Crippen molar-refractivity contribution >= 4 is 12.4 Å². The number of rotatable bonds is 5. The second-order valence-electron chi connectivity index (χ2n) is 3.17. The molecule has 0 rings (SSSR count). The smallest absolute Gasteiger partial charge is 0.322 e. The minimum Gasteiger partial charge on any atom is -0.322 e. The quantitative estimate of drug-likeness (QED) is 0.608. The Morgan fingerprint density at radius 2 is 1.47 bits per heavy atom. The third-order valence-corrected chi connectivity index (χ3v) is 1.92. The topological polar surface area (TPSA) is 26.0 Å². The number of hydrogen-bond acceptors (Lipinski definition) is 1. The molecule has 0 aromatic heterocycles. The van der Waals surface area contributed by atoms with Gasteiger partial charge in [-0.3, -0.25) is 0 Å². The molecule has 0 aliphatic heterocycles. The van der Waals surface area contributed by atoms with Gasteiger partial charge in [-0.2, -0.15) is 30.7 Å². The predicted octanol–water partition coefficient (Wildman–Crippen LogP) is 3.53. The molecule has 0 aliphatic rings. The second kappa shape index (κ2) is 5.90. The molecule has 0 fully saturated rings. The number of alkyl halides is 7. The molecule has 0 saturated carbocycles. The third kappa shape index (κ3) is 3.74. The Hall–Kier alpha value is -0.500. The fourth-order valence-electron chi connectivity index (χ4n) is 0.901. The number of hydrogen-bond donors (Lipinski definition) is 1. The van der Waals surface area contributed by atoms with Crippen LogP contribution in [0, 0.1) is 0 Å². The molecule has 0 aliphatic carbocycles. The van der Waals surface area contributed by atoms with E-state index in [-0.39, 0.29) is 18.8 Å². The van der Waals surface area contributed by atoms with Crippen LogP contribution in [0.25, 0.3) is 0 Å². The lowest BCUT2D eigenvalue weighted by Crippen LogP contribution is -2.60. The Labute approximate surface area is 99.3 Å². The molecule has 0 radical (unpaired) electrons. The van der Waals surface area contributed by atoms with Gasteiger partial charge in [0.05, 0.1) is 6.04 Å². The maximum atomic E-state index is 12.8. The predicted molar refractivity (Wildman–Crippen MR) is 50.6 cm³/mol. The van der Waals surface area contributed by atoms with Gasteiger partial charge in [-0.15, -0.1) is 19.0 Å². The van der Waals surface area contributed by atoms with Gasteiger partial charge in [-0.25, -0.2) is 0 Å². The van der Waals surface area contributed by atoms with Crippen molar-refractivity contribution in [2.75, 3.05) is 0 Å². The van der Waals surface area contributed by atoms with E-state index in [0.29, 0.717) is 0 Å². The van der Waals surface area contributed by atoms with E-state index in [2.05, 4.69) is 12.3 Å². The average Bonchev–Trinajstić information content (AvgIpc) is 2.11. The summed E-state index contributed by atoms with van der Waals surface area (Å²) in [5.41, 5.74) is 4.64. The lowest BCUT2D eigenvalue weighted by atomic mass is 9.99. The van der Waals surface area contributed by atoms with Crippen molar-refractivity contribution in [1.82, 2.24) is 0 Å². The van der Waals surface area contributed by atoms with Crippen LogP contribution in [-0.2, 0) is 0 Å². The molecule has 0 heterocycles. The first-order valence-electron chi connectivity index (χ1n) is 4.17. The van der Waals surface area contributed by atoms with Gasteiger partial charge >= 0.3 is 18.0 Å².